The van der Waals surface area contributed by atoms with Gasteiger partial charge in [-0.3, -0.25) is 0 Å². The fourth-order valence-electron chi connectivity index (χ4n) is 1.81. The van der Waals surface area contributed by atoms with E-state index >= 15 is 0 Å². The van der Waals surface area contributed by atoms with Gasteiger partial charge in [0, 0.05) is 17.0 Å². The molecular weight excluding hydrogens is 222 g/mol. The standard InChI is InChI=1S/C13H14ClNO/c1-2-3-10-5-6-11-9(8-14)4-7-12(16)13(11)15-10/h4-7,16H,2-3,8H2,1H3. The number of fused-ring (bicyclic) bond motifs is 1. The molecule has 2 nitrogen and oxygen atoms in total. The quantitative estimate of drug-likeness (QED) is 0.825. The van der Waals surface area contributed by atoms with Crippen LogP contribution in [0.15, 0.2) is 24.3 Å². The minimum Gasteiger partial charge on any atom is -0.506 e. The summed E-state index contributed by atoms with van der Waals surface area (Å²) in [5.74, 6) is 0.660. The molecule has 16 heavy (non-hydrogen) atoms. The minimum absolute atomic E-state index is 0.224. The van der Waals surface area contributed by atoms with Crippen molar-refractivity contribution in [3.63, 3.8) is 0 Å². The predicted molar refractivity (Wildman–Crippen MR) is 67.0 cm³/mol. The highest BCUT2D eigenvalue weighted by molar-refractivity contribution is 6.18. The number of aromatic hydroxyl groups is 1. The molecule has 0 fully saturated rings. The van der Waals surface area contributed by atoms with E-state index in [1.54, 1.807) is 6.07 Å². The Labute approximate surface area is 99.9 Å². The highest BCUT2D eigenvalue weighted by atomic mass is 35.5. The van der Waals surface area contributed by atoms with Gasteiger partial charge in [0.25, 0.3) is 0 Å². The van der Waals surface area contributed by atoms with E-state index in [0.29, 0.717) is 11.4 Å². The maximum Gasteiger partial charge on any atom is 0.141 e. The molecule has 2 aromatic rings. The van der Waals surface area contributed by atoms with Crippen LogP contribution in [0.2, 0.25) is 0 Å². The van der Waals surface area contributed by atoms with Crippen LogP contribution < -0.4 is 0 Å². The van der Waals surface area contributed by atoms with Crippen LogP contribution in [0.5, 0.6) is 5.75 Å². The van der Waals surface area contributed by atoms with Crippen molar-refractivity contribution >= 4 is 22.5 Å². The number of rotatable bonds is 3. The highest BCUT2D eigenvalue weighted by Crippen LogP contribution is 2.27. The summed E-state index contributed by atoms with van der Waals surface area (Å²) in [6.45, 7) is 2.11. The Morgan fingerprint density at radius 2 is 2.06 bits per heavy atom. The van der Waals surface area contributed by atoms with Crippen molar-refractivity contribution in [3.05, 3.63) is 35.5 Å². The summed E-state index contributed by atoms with van der Waals surface area (Å²) in [6, 6.07) is 7.49. The first-order valence-corrected chi connectivity index (χ1v) is 5.96. The molecule has 1 heterocycles. The molecule has 84 valence electrons. The van der Waals surface area contributed by atoms with Crippen molar-refractivity contribution in [2.45, 2.75) is 25.6 Å². The third kappa shape index (κ3) is 1.98. The average Bonchev–Trinajstić information content (AvgIpc) is 2.31. The maximum atomic E-state index is 9.78. The number of phenolic OH excluding ortho intramolecular Hbond substituents is 1. The van der Waals surface area contributed by atoms with Gasteiger partial charge >= 0.3 is 0 Å². The van der Waals surface area contributed by atoms with Crippen molar-refractivity contribution in [2.24, 2.45) is 0 Å². The number of aromatic nitrogens is 1. The number of pyridine rings is 1. The van der Waals surface area contributed by atoms with Gasteiger partial charge in [-0.1, -0.05) is 25.5 Å². The lowest BCUT2D eigenvalue weighted by atomic mass is 10.1. The smallest absolute Gasteiger partial charge is 0.141 e. The SMILES string of the molecule is CCCc1ccc2c(CCl)ccc(O)c2n1. The van der Waals surface area contributed by atoms with Crippen molar-refractivity contribution in [1.82, 2.24) is 4.98 Å². The Morgan fingerprint density at radius 1 is 1.25 bits per heavy atom. The van der Waals surface area contributed by atoms with Crippen molar-refractivity contribution in [2.75, 3.05) is 0 Å². The van der Waals surface area contributed by atoms with Crippen molar-refractivity contribution in [3.8, 4) is 5.75 Å². The van der Waals surface area contributed by atoms with Gasteiger partial charge in [0.05, 0.1) is 0 Å². The Balaban J connectivity index is 2.63. The molecule has 0 unspecified atom stereocenters. The van der Waals surface area contributed by atoms with Crippen LogP contribution in [0.1, 0.15) is 24.6 Å². The number of benzene rings is 1. The molecule has 0 spiro atoms. The second-order valence-electron chi connectivity index (χ2n) is 3.83. The van der Waals surface area contributed by atoms with Gasteiger partial charge in [0.2, 0.25) is 0 Å². The first-order chi connectivity index (χ1) is 7.76. The molecule has 0 aliphatic heterocycles. The van der Waals surface area contributed by atoms with E-state index in [-0.39, 0.29) is 5.75 Å². The van der Waals surface area contributed by atoms with E-state index in [9.17, 15) is 5.11 Å². The fraction of sp³-hybridized carbons (Fsp3) is 0.308. The van der Waals surface area contributed by atoms with Crippen LogP contribution in [0, 0.1) is 0 Å². The zero-order valence-corrected chi connectivity index (χ0v) is 9.96. The number of hydrogen-bond acceptors (Lipinski definition) is 2. The topological polar surface area (TPSA) is 33.1 Å². The van der Waals surface area contributed by atoms with Crippen LogP contribution in [-0.4, -0.2) is 10.1 Å². The van der Waals surface area contributed by atoms with E-state index in [1.165, 1.54) is 0 Å². The van der Waals surface area contributed by atoms with Crippen LogP contribution in [-0.2, 0) is 12.3 Å². The molecular formula is C13H14ClNO. The minimum atomic E-state index is 0.224. The molecule has 1 aromatic heterocycles. The number of phenols is 1. The number of halogens is 1. The lowest BCUT2D eigenvalue weighted by Gasteiger charge is -2.07. The zero-order valence-electron chi connectivity index (χ0n) is 9.20. The largest absolute Gasteiger partial charge is 0.506 e. The molecule has 1 aromatic carbocycles. The Bertz CT molecular complexity index is 511. The maximum absolute atomic E-state index is 9.78. The zero-order chi connectivity index (χ0) is 11.5. The molecule has 0 atom stereocenters. The van der Waals surface area contributed by atoms with Gasteiger partial charge in [-0.05, 0) is 24.1 Å². The van der Waals surface area contributed by atoms with Gasteiger partial charge in [-0.2, -0.15) is 0 Å². The van der Waals surface area contributed by atoms with E-state index in [0.717, 1.165) is 29.5 Å². The van der Waals surface area contributed by atoms with Gasteiger partial charge < -0.3 is 5.11 Å². The van der Waals surface area contributed by atoms with Crippen LogP contribution in [0.3, 0.4) is 0 Å². The van der Waals surface area contributed by atoms with E-state index in [4.69, 9.17) is 11.6 Å². The third-order valence-electron chi connectivity index (χ3n) is 2.63. The van der Waals surface area contributed by atoms with Gasteiger partial charge in [0.1, 0.15) is 11.3 Å². The number of hydrogen-bond donors (Lipinski definition) is 1. The number of alkyl halides is 1. The van der Waals surface area contributed by atoms with E-state index < -0.39 is 0 Å². The van der Waals surface area contributed by atoms with Gasteiger partial charge in [-0.25, -0.2) is 4.98 Å². The van der Waals surface area contributed by atoms with Gasteiger partial charge in [0.15, 0.2) is 0 Å². The second-order valence-corrected chi connectivity index (χ2v) is 4.09. The lowest BCUT2D eigenvalue weighted by Crippen LogP contribution is -1.92. The summed E-state index contributed by atoms with van der Waals surface area (Å²) < 4.78 is 0. The summed E-state index contributed by atoms with van der Waals surface area (Å²) >= 11 is 5.85. The summed E-state index contributed by atoms with van der Waals surface area (Å²) in [5, 5.41) is 10.7. The first-order valence-electron chi connectivity index (χ1n) is 5.42. The molecule has 2 rings (SSSR count). The second kappa shape index (κ2) is 4.71. The lowest BCUT2D eigenvalue weighted by molar-refractivity contribution is 0.480. The Hall–Kier alpha value is -1.28. The Morgan fingerprint density at radius 3 is 2.75 bits per heavy atom. The fourth-order valence-corrected chi connectivity index (χ4v) is 2.05. The molecule has 0 amide bonds. The number of nitrogens with zero attached hydrogens (tertiary/aromatic N) is 1. The molecule has 0 radical (unpaired) electrons. The Kier molecular flexibility index (Phi) is 3.30. The molecule has 0 bridgehead atoms. The van der Waals surface area contributed by atoms with Gasteiger partial charge in [-0.15, -0.1) is 11.6 Å². The van der Waals surface area contributed by atoms with E-state index in [2.05, 4.69) is 11.9 Å². The molecule has 3 heteroatoms. The highest BCUT2D eigenvalue weighted by Gasteiger charge is 2.06. The molecule has 0 saturated carbocycles. The molecule has 1 N–H and O–H groups in total. The average molecular weight is 236 g/mol. The van der Waals surface area contributed by atoms with Crippen LogP contribution in [0.4, 0.5) is 0 Å². The number of aryl methyl sites for hydroxylation is 1. The molecule has 0 saturated heterocycles. The predicted octanol–water partition coefficient (Wildman–Crippen LogP) is 3.63. The summed E-state index contributed by atoms with van der Waals surface area (Å²) in [7, 11) is 0. The summed E-state index contributed by atoms with van der Waals surface area (Å²) in [6.07, 6.45) is 1.98. The summed E-state index contributed by atoms with van der Waals surface area (Å²) in [5.41, 5.74) is 2.67. The third-order valence-corrected chi connectivity index (χ3v) is 2.92. The van der Waals surface area contributed by atoms with Crippen molar-refractivity contribution in [1.29, 1.82) is 0 Å². The van der Waals surface area contributed by atoms with Crippen molar-refractivity contribution < 1.29 is 5.11 Å². The van der Waals surface area contributed by atoms with Crippen LogP contribution in [0.25, 0.3) is 10.9 Å². The summed E-state index contributed by atoms with van der Waals surface area (Å²) in [4.78, 5) is 4.46. The molecule has 0 aliphatic carbocycles. The van der Waals surface area contributed by atoms with E-state index in [1.807, 2.05) is 18.2 Å². The molecule has 0 aliphatic rings. The van der Waals surface area contributed by atoms with Crippen LogP contribution >= 0.6 is 11.6 Å². The normalized spacial score (nSPS) is 10.9. The first kappa shape index (κ1) is 11.2. The monoisotopic (exact) mass is 235 g/mol.